The lowest BCUT2D eigenvalue weighted by Crippen LogP contribution is -2.30. The van der Waals surface area contributed by atoms with Crippen molar-refractivity contribution in [1.82, 2.24) is 0 Å². The third kappa shape index (κ3) is 40.1. The van der Waals surface area contributed by atoms with Crippen molar-refractivity contribution in [2.24, 2.45) is 5.92 Å². The largest absolute Gasteiger partial charge is 0.462 e. The number of carbonyl (C=O) groups is 3. The van der Waals surface area contributed by atoms with Gasteiger partial charge in [-0.05, 0) is 25.2 Å². The summed E-state index contributed by atoms with van der Waals surface area (Å²) in [6, 6.07) is 0. The van der Waals surface area contributed by atoms with Crippen molar-refractivity contribution in [2.75, 3.05) is 13.2 Å². The predicted molar refractivity (Wildman–Crippen MR) is 229 cm³/mol. The van der Waals surface area contributed by atoms with Crippen LogP contribution in [0.4, 0.5) is 0 Å². The molecule has 0 aromatic carbocycles. The van der Waals surface area contributed by atoms with Crippen LogP contribution in [0.2, 0.25) is 0 Å². The van der Waals surface area contributed by atoms with Crippen molar-refractivity contribution < 1.29 is 28.6 Å². The van der Waals surface area contributed by atoms with Gasteiger partial charge in [-0.2, -0.15) is 0 Å². The minimum atomic E-state index is -0.759. The lowest BCUT2D eigenvalue weighted by atomic mass is 9.99. The summed E-state index contributed by atoms with van der Waals surface area (Å²) in [7, 11) is 0. The fourth-order valence-electron chi connectivity index (χ4n) is 7.12. The van der Waals surface area contributed by atoms with E-state index < -0.39 is 6.10 Å². The molecule has 0 rings (SSSR count). The Hall–Kier alpha value is -1.59. The van der Waals surface area contributed by atoms with Gasteiger partial charge in [0.25, 0.3) is 0 Å². The molecule has 2 atom stereocenters. The molecule has 0 fully saturated rings. The first-order chi connectivity index (χ1) is 26.4. The molecule has 0 aliphatic heterocycles. The van der Waals surface area contributed by atoms with Crippen molar-refractivity contribution in [1.29, 1.82) is 0 Å². The smallest absolute Gasteiger partial charge is 0.306 e. The summed E-state index contributed by atoms with van der Waals surface area (Å²) in [4.78, 5) is 37.8. The number of carbonyl (C=O) groups excluding carboxylic acids is 3. The maximum Gasteiger partial charge on any atom is 0.306 e. The summed E-state index contributed by atoms with van der Waals surface area (Å²) in [5, 5.41) is 0. The second kappa shape index (κ2) is 42.6. The lowest BCUT2D eigenvalue weighted by molar-refractivity contribution is -0.167. The number of esters is 3. The van der Waals surface area contributed by atoms with E-state index in [0.717, 1.165) is 63.7 Å². The van der Waals surface area contributed by atoms with E-state index >= 15 is 0 Å². The molecule has 1 unspecified atom stereocenters. The third-order valence-corrected chi connectivity index (χ3v) is 11.2. The third-order valence-electron chi connectivity index (χ3n) is 11.2. The van der Waals surface area contributed by atoms with Gasteiger partial charge in [0.1, 0.15) is 13.2 Å². The number of rotatable bonds is 43. The van der Waals surface area contributed by atoms with E-state index in [1.54, 1.807) is 0 Å². The van der Waals surface area contributed by atoms with Gasteiger partial charge in [-0.15, -0.1) is 0 Å². The molecule has 6 heteroatoms. The Morgan fingerprint density at radius 1 is 0.370 bits per heavy atom. The number of hydrogen-bond donors (Lipinski definition) is 0. The van der Waals surface area contributed by atoms with E-state index in [-0.39, 0.29) is 31.1 Å². The van der Waals surface area contributed by atoms with Crippen LogP contribution in [0.1, 0.15) is 265 Å². The summed E-state index contributed by atoms with van der Waals surface area (Å²) >= 11 is 0. The highest BCUT2D eigenvalue weighted by Crippen LogP contribution is 2.17. The molecule has 0 spiro atoms. The quantitative estimate of drug-likeness (QED) is 0.0349. The molecule has 0 saturated carbocycles. The molecule has 0 aliphatic rings. The highest BCUT2D eigenvalue weighted by molar-refractivity contribution is 5.71. The Labute approximate surface area is 336 Å². The van der Waals surface area contributed by atoms with E-state index in [9.17, 15) is 14.4 Å². The van der Waals surface area contributed by atoms with Gasteiger partial charge in [0.15, 0.2) is 6.10 Å². The first-order valence-corrected chi connectivity index (χ1v) is 23.9. The molecule has 0 bridgehead atoms. The maximum absolute atomic E-state index is 12.7. The number of hydrogen-bond acceptors (Lipinski definition) is 6. The van der Waals surface area contributed by atoms with Crippen LogP contribution in [0, 0.1) is 5.92 Å². The molecular weight excluding hydrogens is 673 g/mol. The molecule has 320 valence electrons. The van der Waals surface area contributed by atoms with Gasteiger partial charge < -0.3 is 14.2 Å². The monoisotopic (exact) mass is 765 g/mol. The average Bonchev–Trinajstić information content (AvgIpc) is 3.17. The Bertz CT molecular complexity index is 813. The Morgan fingerprint density at radius 2 is 0.648 bits per heavy atom. The SMILES string of the molecule is CCCCCCCCCCCCCCC(=O)OC[C@H](COC(=O)CCCCCCCCCCC(C)CC)OC(=O)CCCCCCCCCCCCCC. The second-order valence-corrected chi connectivity index (χ2v) is 16.6. The standard InChI is InChI=1S/C48H92O6/c1-5-8-10-12-14-16-18-20-22-27-31-35-39-46(49)52-42-45(54-48(51)41-37-33-29-23-21-19-17-15-13-11-9-6-2)43-53-47(50)40-36-32-28-25-24-26-30-34-38-44(4)7-3/h44-45H,5-43H2,1-4H3/t44?,45-/m1/s1. The van der Waals surface area contributed by atoms with Crippen LogP contribution in [0.3, 0.4) is 0 Å². The van der Waals surface area contributed by atoms with Crippen LogP contribution < -0.4 is 0 Å². The number of ether oxygens (including phenoxy) is 3. The molecule has 0 N–H and O–H groups in total. The Balaban J connectivity index is 4.34. The van der Waals surface area contributed by atoms with Crippen molar-refractivity contribution in [3.8, 4) is 0 Å². The first kappa shape index (κ1) is 52.4. The van der Waals surface area contributed by atoms with Crippen LogP contribution in [-0.2, 0) is 28.6 Å². The van der Waals surface area contributed by atoms with E-state index in [4.69, 9.17) is 14.2 Å². The van der Waals surface area contributed by atoms with Crippen molar-refractivity contribution in [2.45, 2.75) is 271 Å². The van der Waals surface area contributed by atoms with Crippen LogP contribution in [0.25, 0.3) is 0 Å². The number of unbranched alkanes of at least 4 members (excludes halogenated alkanes) is 29. The Morgan fingerprint density at radius 3 is 0.963 bits per heavy atom. The summed E-state index contributed by atoms with van der Waals surface area (Å²) in [6.07, 6.45) is 42.2. The molecule has 0 heterocycles. The van der Waals surface area contributed by atoms with E-state index in [1.807, 2.05) is 0 Å². The van der Waals surface area contributed by atoms with Crippen LogP contribution in [0.5, 0.6) is 0 Å². The highest BCUT2D eigenvalue weighted by atomic mass is 16.6. The maximum atomic E-state index is 12.7. The van der Waals surface area contributed by atoms with Gasteiger partial charge >= 0.3 is 17.9 Å². The topological polar surface area (TPSA) is 78.9 Å². The molecule has 0 amide bonds. The fraction of sp³-hybridized carbons (Fsp3) is 0.938. The molecule has 0 radical (unpaired) electrons. The lowest BCUT2D eigenvalue weighted by Gasteiger charge is -2.18. The average molecular weight is 765 g/mol. The minimum Gasteiger partial charge on any atom is -0.462 e. The molecule has 0 aromatic heterocycles. The molecule has 54 heavy (non-hydrogen) atoms. The zero-order valence-electron chi connectivity index (χ0n) is 36.7. The normalized spacial score (nSPS) is 12.4. The predicted octanol–water partition coefficient (Wildman–Crippen LogP) is 15.1. The van der Waals surface area contributed by atoms with Gasteiger partial charge in [0.2, 0.25) is 0 Å². The summed E-state index contributed by atoms with van der Waals surface area (Å²) < 4.78 is 16.7. The van der Waals surface area contributed by atoms with E-state index in [2.05, 4.69) is 27.7 Å². The van der Waals surface area contributed by atoms with Crippen LogP contribution in [0.15, 0.2) is 0 Å². The van der Waals surface area contributed by atoms with Gasteiger partial charge in [-0.25, -0.2) is 0 Å². The highest BCUT2D eigenvalue weighted by Gasteiger charge is 2.19. The molecule has 0 aliphatic carbocycles. The first-order valence-electron chi connectivity index (χ1n) is 23.9. The zero-order valence-corrected chi connectivity index (χ0v) is 36.7. The summed E-state index contributed by atoms with van der Waals surface area (Å²) in [5.41, 5.74) is 0. The Kier molecular flexibility index (Phi) is 41.3. The van der Waals surface area contributed by atoms with Crippen molar-refractivity contribution in [3.05, 3.63) is 0 Å². The fourth-order valence-corrected chi connectivity index (χ4v) is 7.12. The van der Waals surface area contributed by atoms with Gasteiger partial charge in [0, 0.05) is 19.3 Å². The molecular formula is C48H92O6. The van der Waals surface area contributed by atoms with Crippen LogP contribution in [-0.4, -0.2) is 37.2 Å². The molecule has 0 saturated heterocycles. The van der Waals surface area contributed by atoms with E-state index in [1.165, 1.54) is 161 Å². The van der Waals surface area contributed by atoms with Gasteiger partial charge in [0.05, 0.1) is 0 Å². The molecule has 6 nitrogen and oxygen atoms in total. The zero-order chi connectivity index (χ0) is 39.6. The summed E-state index contributed by atoms with van der Waals surface area (Å²) in [5.74, 6) is -0.00379. The second-order valence-electron chi connectivity index (χ2n) is 16.6. The minimum absolute atomic E-state index is 0.0636. The van der Waals surface area contributed by atoms with Crippen molar-refractivity contribution >= 4 is 17.9 Å². The van der Waals surface area contributed by atoms with Gasteiger partial charge in [-0.3, -0.25) is 14.4 Å². The molecule has 0 aromatic rings. The van der Waals surface area contributed by atoms with E-state index in [0.29, 0.717) is 19.3 Å². The van der Waals surface area contributed by atoms with Crippen LogP contribution >= 0.6 is 0 Å². The summed E-state index contributed by atoms with van der Waals surface area (Å²) in [6.45, 7) is 9.00. The van der Waals surface area contributed by atoms with Gasteiger partial charge in [-0.1, -0.05) is 227 Å². The van der Waals surface area contributed by atoms with Crippen molar-refractivity contribution in [3.63, 3.8) is 0 Å².